The second kappa shape index (κ2) is 7.21. The van der Waals surface area contributed by atoms with Gasteiger partial charge in [0.15, 0.2) is 0 Å². The van der Waals surface area contributed by atoms with Crippen molar-refractivity contribution in [3.05, 3.63) is 59.7 Å². The normalized spacial score (nSPS) is 9.61. The number of para-hydroxylation sites is 1. The van der Waals surface area contributed by atoms with Gasteiger partial charge in [-0.25, -0.2) is 0 Å². The van der Waals surface area contributed by atoms with Gasteiger partial charge in [0.05, 0.1) is 5.69 Å². The maximum Gasteiger partial charge on any atom is 0.124 e. The summed E-state index contributed by atoms with van der Waals surface area (Å²) in [6.45, 7) is 1.99. The van der Waals surface area contributed by atoms with Crippen LogP contribution >= 0.6 is 0 Å². The largest absolute Gasteiger partial charge is 0.507 e. The van der Waals surface area contributed by atoms with Crippen molar-refractivity contribution in [3.63, 3.8) is 0 Å². The molecule has 0 heterocycles. The molecule has 0 spiro atoms. The molecule has 2 aromatic rings. The number of hydrogen-bond acceptors (Lipinski definition) is 4. The number of aryl methyl sites for hydroxylation is 1. The van der Waals surface area contributed by atoms with Gasteiger partial charge in [-0.1, -0.05) is 29.8 Å². The first-order valence-corrected chi connectivity index (χ1v) is 5.14. The molecule has 18 heavy (non-hydrogen) atoms. The molecule has 0 aliphatic carbocycles. The quantitative estimate of drug-likeness (QED) is 0.701. The molecule has 0 amide bonds. The standard InChI is InChI=1S/C14H13NO.2H3N/c1-11-7-8-14(16)12(9-11)10-15-13-5-3-2-4-6-13;;/h2-10,16H,1H3;2*1H3. The predicted octanol–water partition coefficient (Wildman–Crippen LogP) is 3.78. The molecule has 0 aromatic heterocycles. The first kappa shape index (κ1) is 15.8. The Morgan fingerprint density at radius 3 is 2.33 bits per heavy atom. The molecule has 0 unspecified atom stereocenters. The molecule has 0 aliphatic heterocycles. The molecule has 0 bridgehead atoms. The number of aromatic hydroxyl groups is 1. The van der Waals surface area contributed by atoms with Gasteiger partial charge in [0.1, 0.15) is 5.75 Å². The van der Waals surface area contributed by atoms with Gasteiger partial charge in [-0.3, -0.25) is 4.99 Å². The molecular formula is C14H19N3O. The Hall–Kier alpha value is -2.17. The lowest BCUT2D eigenvalue weighted by Gasteiger charge is -1.99. The van der Waals surface area contributed by atoms with Crippen LogP contribution in [0.3, 0.4) is 0 Å². The van der Waals surface area contributed by atoms with Crippen LogP contribution in [0, 0.1) is 6.92 Å². The van der Waals surface area contributed by atoms with Crippen molar-refractivity contribution in [2.24, 2.45) is 4.99 Å². The highest BCUT2D eigenvalue weighted by Crippen LogP contribution is 2.17. The lowest BCUT2D eigenvalue weighted by Crippen LogP contribution is -1.83. The SMILES string of the molecule is Cc1ccc(O)c(C=Nc2ccccc2)c1.N.N. The van der Waals surface area contributed by atoms with Crippen LogP contribution in [0.5, 0.6) is 5.75 Å². The highest BCUT2D eigenvalue weighted by atomic mass is 16.3. The fourth-order valence-corrected chi connectivity index (χ4v) is 1.44. The number of rotatable bonds is 2. The van der Waals surface area contributed by atoms with Crippen molar-refractivity contribution in [2.75, 3.05) is 0 Å². The van der Waals surface area contributed by atoms with Gasteiger partial charge in [-0.05, 0) is 31.2 Å². The number of hydrogen-bond donors (Lipinski definition) is 3. The van der Waals surface area contributed by atoms with Gasteiger partial charge in [0.2, 0.25) is 0 Å². The maximum absolute atomic E-state index is 9.62. The minimum Gasteiger partial charge on any atom is -0.507 e. The van der Waals surface area contributed by atoms with Crippen molar-refractivity contribution in [1.82, 2.24) is 12.3 Å². The van der Waals surface area contributed by atoms with E-state index >= 15 is 0 Å². The summed E-state index contributed by atoms with van der Waals surface area (Å²) in [6, 6.07) is 15.1. The van der Waals surface area contributed by atoms with E-state index in [9.17, 15) is 5.11 Å². The van der Waals surface area contributed by atoms with Crippen molar-refractivity contribution in [3.8, 4) is 5.75 Å². The van der Waals surface area contributed by atoms with Crippen LogP contribution in [-0.2, 0) is 0 Å². The summed E-state index contributed by atoms with van der Waals surface area (Å²) in [5.41, 5.74) is 2.72. The van der Waals surface area contributed by atoms with E-state index in [2.05, 4.69) is 4.99 Å². The van der Waals surface area contributed by atoms with E-state index < -0.39 is 0 Å². The average molecular weight is 245 g/mol. The van der Waals surface area contributed by atoms with E-state index in [4.69, 9.17) is 0 Å². The van der Waals surface area contributed by atoms with Crippen molar-refractivity contribution < 1.29 is 5.11 Å². The van der Waals surface area contributed by atoms with Crippen LogP contribution in [0.15, 0.2) is 53.5 Å². The Balaban J connectivity index is 0.00000144. The number of phenolic OH excluding ortho intramolecular Hbond substituents is 1. The molecule has 0 saturated carbocycles. The Morgan fingerprint density at radius 1 is 1.00 bits per heavy atom. The molecule has 0 saturated heterocycles. The average Bonchev–Trinajstić information content (AvgIpc) is 2.32. The van der Waals surface area contributed by atoms with E-state index in [1.54, 1.807) is 12.3 Å². The molecule has 2 rings (SSSR count). The molecule has 0 aliphatic rings. The molecular weight excluding hydrogens is 226 g/mol. The zero-order valence-corrected chi connectivity index (χ0v) is 10.5. The molecule has 0 radical (unpaired) electrons. The summed E-state index contributed by atoms with van der Waals surface area (Å²) in [6.07, 6.45) is 1.68. The lowest BCUT2D eigenvalue weighted by molar-refractivity contribution is 0.474. The molecule has 7 N–H and O–H groups in total. The van der Waals surface area contributed by atoms with Crippen LogP contribution in [-0.4, -0.2) is 11.3 Å². The van der Waals surface area contributed by atoms with E-state index in [-0.39, 0.29) is 18.1 Å². The van der Waals surface area contributed by atoms with Gasteiger partial charge in [0.25, 0.3) is 0 Å². The fraction of sp³-hybridized carbons (Fsp3) is 0.0714. The predicted molar refractivity (Wildman–Crippen MR) is 76.6 cm³/mol. The third kappa shape index (κ3) is 4.01. The van der Waals surface area contributed by atoms with Gasteiger partial charge in [0, 0.05) is 11.8 Å². The maximum atomic E-state index is 9.62. The van der Waals surface area contributed by atoms with Gasteiger partial charge in [-0.15, -0.1) is 0 Å². The monoisotopic (exact) mass is 245 g/mol. The first-order valence-electron chi connectivity index (χ1n) is 5.14. The molecule has 4 nitrogen and oxygen atoms in total. The first-order chi connectivity index (χ1) is 7.75. The summed E-state index contributed by atoms with van der Waals surface area (Å²) < 4.78 is 0. The van der Waals surface area contributed by atoms with Crippen LogP contribution in [0.25, 0.3) is 0 Å². The summed E-state index contributed by atoms with van der Waals surface area (Å²) in [5.74, 6) is 0.255. The second-order valence-electron chi connectivity index (χ2n) is 3.66. The van der Waals surface area contributed by atoms with Crippen molar-refractivity contribution >= 4 is 11.9 Å². The Labute approximate surface area is 107 Å². The summed E-state index contributed by atoms with van der Waals surface area (Å²) in [5, 5.41) is 9.62. The Bertz CT molecular complexity index is 510. The fourth-order valence-electron chi connectivity index (χ4n) is 1.44. The summed E-state index contributed by atoms with van der Waals surface area (Å²) >= 11 is 0. The van der Waals surface area contributed by atoms with Gasteiger partial charge < -0.3 is 17.4 Å². The Morgan fingerprint density at radius 2 is 1.67 bits per heavy atom. The van der Waals surface area contributed by atoms with Gasteiger partial charge >= 0.3 is 0 Å². The number of benzene rings is 2. The minimum absolute atomic E-state index is 0. The van der Waals surface area contributed by atoms with Crippen LogP contribution in [0.4, 0.5) is 5.69 Å². The smallest absolute Gasteiger partial charge is 0.124 e. The molecule has 96 valence electrons. The molecule has 2 aromatic carbocycles. The zero-order valence-electron chi connectivity index (χ0n) is 10.5. The minimum atomic E-state index is 0. The molecule has 4 heteroatoms. The number of aliphatic imine (C=N–C) groups is 1. The van der Waals surface area contributed by atoms with Crippen LogP contribution < -0.4 is 12.3 Å². The van der Waals surface area contributed by atoms with Crippen LogP contribution in [0.1, 0.15) is 11.1 Å². The number of phenols is 1. The summed E-state index contributed by atoms with van der Waals surface area (Å²) in [7, 11) is 0. The highest BCUT2D eigenvalue weighted by Gasteiger charge is 1.97. The third-order valence-electron chi connectivity index (χ3n) is 2.29. The zero-order chi connectivity index (χ0) is 11.4. The van der Waals surface area contributed by atoms with E-state index in [1.165, 1.54) is 0 Å². The molecule has 0 fully saturated rings. The Kier molecular flexibility index (Phi) is 6.34. The van der Waals surface area contributed by atoms with E-state index in [1.807, 2.05) is 49.4 Å². The highest BCUT2D eigenvalue weighted by molar-refractivity contribution is 5.85. The summed E-state index contributed by atoms with van der Waals surface area (Å²) in [4.78, 5) is 4.29. The van der Waals surface area contributed by atoms with Crippen molar-refractivity contribution in [2.45, 2.75) is 6.92 Å². The third-order valence-corrected chi connectivity index (χ3v) is 2.29. The van der Waals surface area contributed by atoms with E-state index in [0.29, 0.717) is 0 Å². The molecule has 0 atom stereocenters. The van der Waals surface area contributed by atoms with E-state index in [0.717, 1.165) is 16.8 Å². The van der Waals surface area contributed by atoms with Crippen LogP contribution in [0.2, 0.25) is 0 Å². The van der Waals surface area contributed by atoms with Gasteiger partial charge in [-0.2, -0.15) is 0 Å². The van der Waals surface area contributed by atoms with Crippen molar-refractivity contribution in [1.29, 1.82) is 0 Å². The topological polar surface area (TPSA) is 103 Å². The lowest BCUT2D eigenvalue weighted by atomic mass is 10.1. The second-order valence-corrected chi connectivity index (χ2v) is 3.66. The number of nitrogens with zero attached hydrogens (tertiary/aromatic N) is 1.